The van der Waals surface area contributed by atoms with Gasteiger partial charge in [0.25, 0.3) is 10.1 Å². The van der Waals surface area contributed by atoms with Crippen LogP contribution in [-0.4, -0.2) is 96.0 Å². The number of rotatable bonds is 30. The van der Waals surface area contributed by atoms with Crippen molar-refractivity contribution in [3.63, 3.8) is 0 Å². The maximum Gasteiger partial charge on any atom is 0.306 e. The highest BCUT2D eigenvalue weighted by Crippen LogP contribution is 2.23. The molecule has 0 aliphatic carbocycles. The van der Waals surface area contributed by atoms with Crippen LogP contribution in [0.25, 0.3) is 0 Å². The van der Waals surface area contributed by atoms with E-state index in [-0.39, 0.29) is 19.4 Å². The van der Waals surface area contributed by atoms with Crippen molar-refractivity contribution in [2.24, 2.45) is 0 Å². The predicted molar refractivity (Wildman–Crippen MR) is 219 cm³/mol. The minimum Gasteiger partial charge on any atom is -0.462 e. The Hall–Kier alpha value is -3.43. The number of aliphatic hydroxyl groups is 3. The minimum atomic E-state index is -4.62. The fraction of sp³-hybridized carbons (Fsp3) is 0.581. The predicted octanol–water partition coefficient (Wildman–Crippen LogP) is 7.10. The molecule has 0 aromatic heterocycles. The van der Waals surface area contributed by atoms with Crippen LogP contribution in [0.1, 0.15) is 104 Å². The van der Waals surface area contributed by atoms with E-state index in [2.05, 4.69) is 92.8 Å². The van der Waals surface area contributed by atoms with Gasteiger partial charge >= 0.3 is 11.9 Å². The summed E-state index contributed by atoms with van der Waals surface area (Å²) in [5, 5.41) is 30.8. The summed E-state index contributed by atoms with van der Waals surface area (Å²) in [6, 6.07) is 0. The summed E-state index contributed by atoms with van der Waals surface area (Å²) < 4.78 is 53.7. The fourth-order valence-corrected chi connectivity index (χ4v) is 5.84. The number of carbonyl (C=O) groups excluding carboxylic acids is 2. The van der Waals surface area contributed by atoms with Crippen LogP contribution in [0.5, 0.6) is 0 Å². The molecule has 6 unspecified atom stereocenters. The molecule has 0 aromatic rings. The number of allylic oxidation sites excluding steroid dienone is 16. The molecule has 0 amide bonds. The molecule has 12 nitrogen and oxygen atoms in total. The molecular formula is C43H66O12S. The molecular weight excluding hydrogens is 741 g/mol. The Balaban J connectivity index is 2.61. The van der Waals surface area contributed by atoms with E-state index in [1.165, 1.54) is 0 Å². The SMILES string of the molecule is CC/C=C\C/C=C\C/C=C\C/C=C\CCCCC(=O)OC(COC(=O)CC/C=C\C/C=C\C/C=C\C/C=C\CC)COC1OC(CS(=O)(=O)O)C(O)C(O)C1O. The van der Waals surface area contributed by atoms with E-state index in [1.54, 1.807) is 0 Å². The van der Waals surface area contributed by atoms with Crippen LogP contribution in [0.4, 0.5) is 0 Å². The first-order valence-corrected chi connectivity index (χ1v) is 21.4. The van der Waals surface area contributed by atoms with Crippen LogP contribution in [0.3, 0.4) is 0 Å². The lowest BCUT2D eigenvalue weighted by molar-refractivity contribution is -0.297. The lowest BCUT2D eigenvalue weighted by Gasteiger charge is -2.40. The largest absolute Gasteiger partial charge is 0.462 e. The fourth-order valence-electron chi connectivity index (χ4n) is 5.15. The van der Waals surface area contributed by atoms with Crippen molar-refractivity contribution in [2.45, 2.75) is 141 Å². The van der Waals surface area contributed by atoms with E-state index in [9.17, 15) is 37.9 Å². The molecule has 4 N–H and O–H groups in total. The standard InChI is InChI=1S/C43H66O12S/c1-3-5-7-9-11-13-15-17-18-20-22-24-26-28-30-32-39(45)54-36(34-53-43-42(48)41(47)40(46)37(55-43)35-56(49,50)51)33-52-38(44)31-29-27-25-23-21-19-16-14-12-10-8-6-4-2/h5-8,11-14,17-19,21-22,24-25,27,36-37,40-43,46-48H,3-4,9-10,15-16,20,23,26,28-35H2,1-2H3,(H,49,50,51)/b7-5-,8-6-,13-11-,14-12-,18-17-,21-19-,24-22-,27-25-. The summed E-state index contributed by atoms with van der Waals surface area (Å²) in [7, 11) is -4.62. The van der Waals surface area contributed by atoms with Gasteiger partial charge in [-0.05, 0) is 77.0 Å². The molecule has 1 aliphatic heterocycles. The van der Waals surface area contributed by atoms with Gasteiger partial charge in [0, 0.05) is 12.8 Å². The van der Waals surface area contributed by atoms with Crippen LogP contribution in [0, 0.1) is 0 Å². The average Bonchev–Trinajstić information content (AvgIpc) is 3.16. The second-order valence-corrected chi connectivity index (χ2v) is 14.7. The van der Waals surface area contributed by atoms with Gasteiger partial charge in [0.1, 0.15) is 36.8 Å². The molecule has 13 heteroatoms. The van der Waals surface area contributed by atoms with Gasteiger partial charge in [-0.1, -0.05) is 111 Å². The number of hydrogen-bond donors (Lipinski definition) is 4. The zero-order chi connectivity index (χ0) is 41.3. The van der Waals surface area contributed by atoms with Crippen molar-refractivity contribution < 1.29 is 56.8 Å². The highest BCUT2D eigenvalue weighted by atomic mass is 32.2. The van der Waals surface area contributed by atoms with Crippen LogP contribution < -0.4 is 0 Å². The van der Waals surface area contributed by atoms with Crippen molar-refractivity contribution in [3.05, 3.63) is 97.2 Å². The summed E-state index contributed by atoms with van der Waals surface area (Å²) >= 11 is 0. The number of hydrogen-bond acceptors (Lipinski definition) is 11. The van der Waals surface area contributed by atoms with Gasteiger partial charge in [0.2, 0.25) is 0 Å². The molecule has 1 rings (SSSR count). The third kappa shape index (κ3) is 27.2. The maximum atomic E-state index is 12.7. The van der Waals surface area contributed by atoms with Gasteiger partial charge in [0.15, 0.2) is 12.4 Å². The number of unbranched alkanes of at least 4 members (excludes halogenated alkanes) is 2. The Bertz CT molecular complexity index is 1410. The second kappa shape index (κ2) is 32.6. The molecule has 0 bridgehead atoms. The Morgan fingerprint density at radius 3 is 1.59 bits per heavy atom. The Morgan fingerprint density at radius 1 is 0.607 bits per heavy atom. The molecule has 0 saturated carbocycles. The molecule has 0 radical (unpaired) electrons. The van der Waals surface area contributed by atoms with E-state index < -0.39 is 71.2 Å². The van der Waals surface area contributed by atoms with Crippen molar-refractivity contribution in [2.75, 3.05) is 19.0 Å². The zero-order valence-electron chi connectivity index (χ0n) is 33.2. The number of esters is 2. The number of carbonyl (C=O) groups is 2. The summed E-state index contributed by atoms with van der Waals surface area (Å²) in [6.07, 6.45) is 33.4. The van der Waals surface area contributed by atoms with E-state index in [0.29, 0.717) is 12.8 Å². The summed E-state index contributed by atoms with van der Waals surface area (Å²) in [4.78, 5) is 25.2. The smallest absolute Gasteiger partial charge is 0.306 e. The monoisotopic (exact) mass is 806 g/mol. The molecule has 56 heavy (non-hydrogen) atoms. The van der Waals surface area contributed by atoms with Gasteiger partial charge in [-0.3, -0.25) is 14.1 Å². The third-order valence-electron chi connectivity index (χ3n) is 8.17. The van der Waals surface area contributed by atoms with Crippen LogP contribution in [0.2, 0.25) is 0 Å². The second-order valence-electron chi connectivity index (χ2n) is 13.2. The highest BCUT2D eigenvalue weighted by Gasteiger charge is 2.46. The lowest BCUT2D eigenvalue weighted by atomic mass is 10.00. The normalized spacial score (nSPS) is 21.7. The van der Waals surface area contributed by atoms with Crippen molar-refractivity contribution in [3.8, 4) is 0 Å². The topological polar surface area (TPSA) is 186 Å². The summed E-state index contributed by atoms with van der Waals surface area (Å²) in [5.74, 6) is -2.16. The molecule has 1 saturated heterocycles. The lowest BCUT2D eigenvalue weighted by Crippen LogP contribution is -2.60. The minimum absolute atomic E-state index is 0.0822. The van der Waals surface area contributed by atoms with Crippen LogP contribution in [0.15, 0.2) is 97.2 Å². The Labute approximate surface area is 334 Å². The first-order valence-electron chi connectivity index (χ1n) is 19.8. The highest BCUT2D eigenvalue weighted by molar-refractivity contribution is 7.85. The van der Waals surface area contributed by atoms with Crippen molar-refractivity contribution in [1.29, 1.82) is 0 Å². The molecule has 6 atom stereocenters. The third-order valence-corrected chi connectivity index (χ3v) is 8.92. The Morgan fingerprint density at radius 2 is 1.09 bits per heavy atom. The van der Waals surface area contributed by atoms with E-state index in [1.807, 2.05) is 18.2 Å². The van der Waals surface area contributed by atoms with Crippen LogP contribution >= 0.6 is 0 Å². The first-order chi connectivity index (χ1) is 27.0. The first kappa shape index (κ1) is 50.6. The van der Waals surface area contributed by atoms with Crippen molar-refractivity contribution in [1.82, 2.24) is 0 Å². The summed E-state index contributed by atoms with van der Waals surface area (Å²) in [6.45, 7) is 3.38. The molecule has 1 fully saturated rings. The van der Waals surface area contributed by atoms with E-state index in [4.69, 9.17) is 18.9 Å². The van der Waals surface area contributed by atoms with Gasteiger partial charge in [-0.25, -0.2) is 0 Å². The van der Waals surface area contributed by atoms with E-state index >= 15 is 0 Å². The number of aliphatic hydroxyl groups excluding tert-OH is 3. The number of ether oxygens (including phenoxy) is 4. The average molecular weight is 807 g/mol. The molecule has 1 heterocycles. The maximum absolute atomic E-state index is 12.7. The molecule has 0 spiro atoms. The summed E-state index contributed by atoms with van der Waals surface area (Å²) in [5.41, 5.74) is 0. The molecule has 316 valence electrons. The quantitative estimate of drug-likeness (QED) is 0.0250. The Kier molecular flexibility index (Phi) is 29.5. The van der Waals surface area contributed by atoms with Gasteiger partial charge in [-0.15, -0.1) is 0 Å². The van der Waals surface area contributed by atoms with E-state index in [0.717, 1.165) is 64.2 Å². The zero-order valence-corrected chi connectivity index (χ0v) is 34.0. The van der Waals surface area contributed by atoms with Gasteiger partial charge in [0.05, 0.1) is 6.61 Å². The van der Waals surface area contributed by atoms with Crippen LogP contribution in [-0.2, 0) is 38.7 Å². The van der Waals surface area contributed by atoms with Gasteiger partial charge in [-0.2, -0.15) is 8.42 Å². The molecule has 0 aromatic carbocycles. The van der Waals surface area contributed by atoms with Gasteiger partial charge < -0.3 is 34.3 Å². The van der Waals surface area contributed by atoms with Crippen molar-refractivity contribution >= 4 is 22.1 Å². The molecule has 1 aliphatic rings.